The van der Waals surface area contributed by atoms with Crippen LogP contribution in [0.1, 0.15) is 5.56 Å². The lowest BCUT2D eigenvalue weighted by Crippen LogP contribution is -2.11. The molecule has 0 aliphatic rings. The number of rotatable bonds is 1. The van der Waals surface area contributed by atoms with Crippen molar-refractivity contribution in [2.75, 3.05) is 0 Å². The summed E-state index contributed by atoms with van der Waals surface area (Å²) in [5, 5.41) is -0.458. The maximum absolute atomic E-state index is 14.1. The van der Waals surface area contributed by atoms with Gasteiger partial charge in [0.15, 0.2) is 5.82 Å². The average Bonchev–Trinajstić information content (AvgIpc) is 2.48. The number of nitrogens with one attached hydrogen (secondary N) is 1. The molecule has 3 rings (SSSR count). The summed E-state index contributed by atoms with van der Waals surface area (Å²) in [6.07, 6.45) is -4.71. The number of halogens is 5. The van der Waals surface area contributed by atoms with E-state index in [1.165, 1.54) is 12.1 Å². The second-order valence-electron chi connectivity index (χ2n) is 4.75. The molecule has 2 aromatic carbocycles. The molecule has 0 bridgehead atoms. The van der Waals surface area contributed by atoms with E-state index in [9.17, 15) is 22.4 Å². The van der Waals surface area contributed by atoms with E-state index >= 15 is 0 Å². The van der Waals surface area contributed by atoms with Crippen LogP contribution in [-0.2, 0) is 6.18 Å². The van der Waals surface area contributed by atoms with Gasteiger partial charge in [0.2, 0.25) is 0 Å². The summed E-state index contributed by atoms with van der Waals surface area (Å²) in [6.45, 7) is 0. The van der Waals surface area contributed by atoms with Crippen LogP contribution in [0.25, 0.3) is 22.3 Å². The molecule has 3 aromatic rings. The van der Waals surface area contributed by atoms with E-state index in [-0.39, 0.29) is 16.7 Å². The van der Waals surface area contributed by atoms with Crippen LogP contribution in [0.3, 0.4) is 0 Å². The van der Waals surface area contributed by atoms with E-state index in [1.807, 2.05) is 0 Å². The predicted molar refractivity (Wildman–Crippen MR) is 77.8 cm³/mol. The third-order valence-electron chi connectivity index (χ3n) is 3.22. The summed E-state index contributed by atoms with van der Waals surface area (Å²) in [5.41, 5.74) is -2.00. The van der Waals surface area contributed by atoms with Gasteiger partial charge in [-0.25, -0.2) is 9.37 Å². The number of alkyl halides is 3. The highest BCUT2D eigenvalue weighted by Gasteiger charge is 2.32. The number of aromatic amines is 1. The molecule has 8 heteroatoms. The van der Waals surface area contributed by atoms with Gasteiger partial charge >= 0.3 is 6.18 Å². The Morgan fingerprint density at radius 3 is 2.52 bits per heavy atom. The highest BCUT2D eigenvalue weighted by atomic mass is 35.5. The number of nitrogens with zero attached hydrogens (tertiary/aromatic N) is 1. The Hall–Kier alpha value is -2.41. The second kappa shape index (κ2) is 5.34. The molecule has 0 amide bonds. The third-order valence-corrected chi connectivity index (χ3v) is 3.50. The number of hydrogen-bond acceptors (Lipinski definition) is 2. The van der Waals surface area contributed by atoms with Crippen LogP contribution in [0.4, 0.5) is 17.6 Å². The van der Waals surface area contributed by atoms with Crippen molar-refractivity contribution < 1.29 is 17.6 Å². The number of benzene rings is 2. The van der Waals surface area contributed by atoms with Gasteiger partial charge < -0.3 is 4.98 Å². The van der Waals surface area contributed by atoms with Gasteiger partial charge in [0.1, 0.15) is 5.82 Å². The summed E-state index contributed by atoms with van der Waals surface area (Å²) in [5.74, 6) is -1.41. The fraction of sp³-hybridized carbons (Fsp3) is 0.0667. The Kier molecular flexibility index (Phi) is 3.60. The van der Waals surface area contributed by atoms with Gasteiger partial charge in [-0.05, 0) is 24.3 Å². The first-order chi connectivity index (χ1) is 10.8. The van der Waals surface area contributed by atoms with Crippen molar-refractivity contribution in [2.24, 2.45) is 0 Å². The van der Waals surface area contributed by atoms with E-state index in [0.29, 0.717) is 12.1 Å². The molecular formula is C15H7ClF4N2O. The summed E-state index contributed by atoms with van der Waals surface area (Å²) in [7, 11) is 0. The zero-order valence-corrected chi connectivity index (χ0v) is 12.0. The molecule has 23 heavy (non-hydrogen) atoms. The molecule has 0 saturated carbocycles. The molecule has 0 aliphatic carbocycles. The van der Waals surface area contributed by atoms with E-state index < -0.39 is 33.7 Å². The fourth-order valence-corrected chi connectivity index (χ4v) is 2.36. The van der Waals surface area contributed by atoms with E-state index in [1.54, 1.807) is 12.1 Å². The largest absolute Gasteiger partial charge is 0.416 e. The van der Waals surface area contributed by atoms with E-state index in [2.05, 4.69) is 9.97 Å². The normalized spacial score (nSPS) is 11.9. The van der Waals surface area contributed by atoms with Crippen LogP contribution in [0.2, 0.25) is 5.02 Å². The predicted octanol–water partition coefficient (Wildman–Crippen LogP) is 4.40. The number of para-hydroxylation sites is 1. The van der Waals surface area contributed by atoms with Crippen molar-refractivity contribution >= 4 is 22.5 Å². The third kappa shape index (κ3) is 2.79. The molecular weight excluding hydrogens is 336 g/mol. The van der Waals surface area contributed by atoms with Gasteiger partial charge in [0.25, 0.3) is 5.56 Å². The molecule has 3 nitrogen and oxygen atoms in total. The van der Waals surface area contributed by atoms with Crippen molar-refractivity contribution in [2.45, 2.75) is 6.18 Å². The summed E-state index contributed by atoms with van der Waals surface area (Å²) < 4.78 is 52.7. The van der Waals surface area contributed by atoms with Crippen molar-refractivity contribution in [3.63, 3.8) is 0 Å². The minimum Gasteiger partial charge on any atom is -0.306 e. The van der Waals surface area contributed by atoms with Crippen LogP contribution in [-0.4, -0.2) is 9.97 Å². The van der Waals surface area contributed by atoms with Crippen LogP contribution in [0, 0.1) is 5.82 Å². The lowest BCUT2D eigenvalue weighted by atomic mass is 10.1. The molecule has 1 aromatic heterocycles. The van der Waals surface area contributed by atoms with E-state index in [0.717, 1.165) is 0 Å². The minimum atomic E-state index is -4.71. The van der Waals surface area contributed by atoms with Gasteiger partial charge in [0.05, 0.1) is 27.1 Å². The van der Waals surface area contributed by atoms with Crippen molar-refractivity contribution in [1.29, 1.82) is 0 Å². The lowest BCUT2D eigenvalue weighted by Gasteiger charge is -2.11. The van der Waals surface area contributed by atoms with Crippen LogP contribution in [0.5, 0.6) is 0 Å². The molecule has 0 atom stereocenters. The average molecular weight is 343 g/mol. The Balaban J connectivity index is 2.30. The summed E-state index contributed by atoms with van der Waals surface area (Å²) in [4.78, 5) is 18.3. The summed E-state index contributed by atoms with van der Waals surface area (Å²) >= 11 is 5.54. The molecule has 0 aliphatic heterocycles. The quantitative estimate of drug-likeness (QED) is 0.666. The number of fused-ring (bicyclic) bond motifs is 1. The van der Waals surface area contributed by atoms with Gasteiger partial charge in [-0.1, -0.05) is 23.7 Å². The standard InChI is InChI=1S/C15H7ClF4N2O/c16-10-6-7(15(18,19)20)5-9(12(10)17)13-21-11-4-2-1-3-8(11)14(23)22-13/h1-6H,(H,21,22,23). The zero-order valence-electron chi connectivity index (χ0n) is 11.2. The number of hydrogen-bond donors (Lipinski definition) is 1. The Labute approximate surface area is 131 Å². The van der Waals surface area contributed by atoms with E-state index in [4.69, 9.17) is 11.6 Å². The topological polar surface area (TPSA) is 45.8 Å². The minimum absolute atomic E-state index is 0.235. The SMILES string of the molecule is O=c1[nH]c(-c2cc(C(F)(F)F)cc(Cl)c2F)nc2ccccc12. The van der Waals surface area contributed by atoms with Crippen LogP contribution >= 0.6 is 11.6 Å². The van der Waals surface area contributed by atoms with Crippen molar-refractivity contribution in [1.82, 2.24) is 9.97 Å². The number of aromatic nitrogens is 2. The molecule has 118 valence electrons. The molecule has 0 unspecified atom stereocenters. The van der Waals surface area contributed by atoms with Crippen molar-refractivity contribution in [3.8, 4) is 11.4 Å². The molecule has 0 fully saturated rings. The Bertz CT molecular complexity index is 966. The molecule has 1 heterocycles. The first-order valence-corrected chi connectivity index (χ1v) is 6.71. The highest BCUT2D eigenvalue weighted by molar-refractivity contribution is 6.31. The summed E-state index contributed by atoms with van der Waals surface area (Å²) in [6, 6.07) is 7.27. The zero-order chi connectivity index (χ0) is 16.8. The lowest BCUT2D eigenvalue weighted by molar-refractivity contribution is -0.137. The smallest absolute Gasteiger partial charge is 0.306 e. The number of H-pyrrole nitrogens is 1. The molecule has 1 N–H and O–H groups in total. The van der Waals surface area contributed by atoms with Gasteiger partial charge in [-0.3, -0.25) is 4.79 Å². The van der Waals surface area contributed by atoms with Gasteiger partial charge in [0, 0.05) is 0 Å². The monoisotopic (exact) mass is 342 g/mol. The Morgan fingerprint density at radius 2 is 1.83 bits per heavy atom. The van der Waals surface area contributed by atoms with Gasteiger partial charge in [-0.2, -0.15) is 13.2 Å². The van der Waals surface area contributed by atoms with Crippen LogP contribution in [0.15, 0.2) is 41.2 Å². The molecule has 0 spiro atoms. The first kappa shape index (κ1) is 15.5. The first-order valence-electron chi connectivity index (χ1n) is 6.33. The van der Waals surface area contributed by atoms with Gasteiger partial charge in [-0.15, -0.1) is 0 Å². The maximum atomic E-state index is 14.1. The highest BCUT2D eigenvalue weighted by Crippen LogP contribution is 2.36. The Morgan fingerprint density at radius 1 is 1.13 bits per heavy atom. The van der Waals surface area contributed by atoms with Crippen LogP contribution < -0.4 is 5.56 Å². The van der Waals surface area contributed by atoms with Crippen molar-refractivity contribution in [3.05, 3.63) is 63.2 Å². The molecule has 0 saturated heterocycles. The maximum Gasteiger partial charge on any atom is 0.416 e. The second-order valence-corrected chi connectivity index (χ2v) is 5.16. The molecule has 0 radical (unpaired) electrons. The fourth-order valence-electron chi connectivity index (χ4n) is 2.14.